The molecule has 0 radical (unpaired) electrons. The lowest BCUT2D eigenvalue weighted by Crippen LogP contribution is -2.13. The smallest absolute Gasteiger partial charge is 0.269 e. The molecule has 0 aliphatic rings. The Kier molecular flexibility index (Phi) is 7.81. The van der Waals surface area contributed by atoms with Crippen molar-refractivity contribution in [1.82, 2.24) is 0 Å². The van der Waals surface area contributed by atoms with Crippen LogP contribution in [-0.2, 0) is 11.4 Å². The third kappa shape index (κ3) is 6.34. The number of non-ortho nitro benzene ring substituents is 1. The summed E-state index contributed by atoms with van der Waals surface area (Å²) in [5.41, 5.74) is 1.62. The summed E-state index contributed by atoms with van der Waals surface area (Å²) < 4.78 is 11.5. The number of hydrogen-bond donors (Lipinski definition) is 2. The van der Waals surface area contributed by atoms with Crippen LogP contribution in [0.25, 0.3) is 6.08 Å². The van der Waals surface area contributed by atoms with E-state index < -0.39 is 10.8 Å². The number of nitro benzene ring substituents is 1. The Balaban J connectivity index is 1.75. The maximum absolute atomic E-state index is 12.5. The average Bonchev–Trinajstić information content (AvgIpc) is 2.83. The highest BCUT2D eigenvalue weighted by atomic mass is 16.6. The molecule has 172 valence electrons. The minimum atomic E-state index is -0.593. The van der Waals surface area contributed by atoms with Crippen LogP contribution >= 0.6 is 0 Å². The Labute approximate surface area is 195 Å². The van der Waals surface area contributed by atoms with Gasteiger partial charge in [-0.15, -0.1) is 0 Å². The third-order valence-corrected chi connectivity index (χ3v) is 4.61. The Morgan fingerprint density at radius 2 is 1.79 bits per heavy atom. The number of anilines is 1. The predicted octanol–water partition coefficient (Wildman–Crippen LogP) is 4.82. The van der Waals surface area contributed by atoms with E-state index in [0.717, 1.165) is 5.56 Å². The van der Waals surface area contributed by atoms with Gasteiger partial charge in [-0.3, -0.25) is 14.9 Å². The minimum absolute atomic E-state index is 0.00218. The first-order valence-corrected chi connectivity index (χ1v) is 10.2. The SMILES string of the molecule is CCOc1cc(/C=C(\C#N)C(=O)Nc2ccc(O)cc2)ccc1OCc1ccc([N+](=O)[O-])cc1. The van der Waals surface area contributed by atoms with Crippen LogP contribution in [0.3, 0.4) is 0 Å². The second kappa shape index (κ2) is 11.2. The van der Waals surface area contributed by atoms with Crippen LogP contribution in [0.4, 0.5) is 11.4 Å². The quantitative estimate of drug-likeness (QED) is 0.154. The summed E-state index contributed by atoms with van der Waals surface area (Å²) in [6, 6.07) is 18.8. The van der Waals surface area contributed by atoms with E-state index in [1.165, 1.54) is 42.5 Å². The molecule has 0 heterocycles. The van der Waals surface area contributed by atoms with Crippen LogP contribution in [0.15, 0.2) is 72.3 Å². The van der Waals surface area contributed by atoms with E-state index in [2.05, 4.69) is 5.32 Å². The zero-order valence-corrected chi connectivity index (χ0v) is 18.2. The van der Waals surface area contributed by atoms with E-state index in [-0.39, 0.29) is 23.6 Å². The van der Waals surface area contributed by atoms with Gasteiger partial charge in [-0.25, -0.2) is 0 Å². The summed E-state index contributed by atoms with van der Waals surface area (Å²) in [5.74, 6) is 0.344. The topological polar surface area (TPSA) is 135 Å². The lowest BCUT2D eigenvalue weighted by atomic mass is 10.1. The van der Waals surface area contributed by atoms with Gasteiger partial charge in [0.05, 0.1) is 11.5 Å². The van der Waals surface area contributed by atoms with Crippen LogP contribution in [0.5, 0.6) is 17.2 Å². The Morgan fingerprint density at radius 1 is 1.09 bits per heavy atom. The number of nitrogens with zero attached hydrogens (tertiary/aromatic N) is 2. The van der Waals surface area contributed by atoms with Crippen molar-refractivity contribution in [2.75, 3.05) is 11.9 Å². The number of aromatic hydroxyl groups is 1. The van der Waals surface area contributed by atoms with Crippen molar-refractivity contribution in [2.45, 2.75) is 13.5 Å². The minimum Gasteiger partial charge on any atom is -0.508 e. The molecule has 2 N–H and O–H groups in total. The molecule has 0 aromatic heterocycles. The number of rotatable bonds is 9. The summed E-state index contributed by atoms with van der Waals surface area (Å²) in [6.45, 7) is 2.35. The van der Waals surface area contributed by atoms with Crippen molar-refractivity contribution in [1.29, 1.82) is 5.26 Å². The van der Waals surface area contributed by atoms with Gasteiger partial charge in [-0.1, -0.05) is 6.07 Å². The van der Waals surface area contributed by atoms with Crippen molar-refractivity contribution in [2.24, 2.45) is 0 Å². The van der Waals surface area contributed by atoms with Crippen molar-refractivity contribution in [3.63, 3.8) is 0 Å². The molecule has 9 nitrogen and oxygen atoms in total. The highest BCUT2D eigenvalue weighted by Crippen LogP contribution is 2.30. The van der Waals surface area contributed by atoms with Gasteiger partial charge in [0.15, 0.2) is 11.5 Å². The standard InChI is InChI=1S/C25H21N3O6/c1-2-33-24-14-18(13-19(15-26)25(30)27-20-6-10-22(29)11-7-20)5-12-23(24)34-16-17-3-8-21(9-4-17)28(31)32/h3-14,29H,2,16H2,1H3,(H,27,30)/b19-13+. The van der Waals surface area contributed by atoms with Gasteiger partial charge in [0.25, 0.3) is 11.6 Å². The van der Waals surface area contributed by atoms with Crippen molar-refractivity contribution < 1.29 is 24.3 Å². The van der Waals surface area contributed by atoms with Crippen LogP contribution in [0, 0.1) is 21.4 Å². The Hall–Kier alpha value is -4.84. The highest BCUT2D eigenvalue weighted by Gasteiger charge is 2.12. The summed E-state index contributed by atoms with van der Waals surface area (Å²) in [5, 5.41) is 32.2. The summed E-state index contributed by atoms with van der Waals surface area (Å²) in [4.78, 5) is 22.8. The fourth-order valence-corrected chi connectivity index (χ4v) is 2.94. The second-order valence-corrected chi connectivity index (χ2v) is 7.02. The van der Waals surface area contributed by atoms with E-state index in [0.29, 0.717) is 29.4 Å². The zero-order valence-electron chi connectivity index (χ0n) is 18.2. The van der Waals surface area contributed by atoms with Gasteiger partial charge in [0, 0.05) is 17.8 Å². The summed E-state index contributed by atoms with van der Waals surface area (Å²) in [6.07, 6.45) is 1.43. The van der Waals surface area contributed by atoms with Gasteiger partial charge in [0.2, 0.25) is 0 Å². The van der Waals surface area contributed by atoms with Crippen molar-refractivity contribution in [3.05, 3.63) is 93.5 Å². The second-order valence-electron chi connectivity index (χ2n) is 7.02. The molecule has 0 aliphatic heterocycles. The molecule has 34 heavy (non-hydrogen) atoms. The van der Waals surface area contributed by atoms with E-state index in [9.17, 15) is 25.3 Å². The molecular formula is C25H21N3O6. The monoisotopic (exact) mass is 459 g/mol. The molecule has 0 aliphatic carbocycles. The van der Waals surface area contributed by atoms with E-state index in [1.54, 1.807) is 30.3 Å². The number of phenols is 1. The third-order valence-electron chi connectivity index (χ3n) is 4.61. The first kappa shape index (κ1) is 23.8. The average molecular weight is 459 g/mol. The molecule has 0 saturated heterocycles. The number of ether oxygens (including phenoxy) is 2. The van der Waals surface area contributed by atoms with Gasteiger partial charge in [-0.2, -0.15) is 5.26 Å². The number of nitriles is 1. The van der Waals surface area contributed by atoms with Gasteiger partial charge >= 0.3 is 0 Å². The number of nitrogens with one attached hydrogen (secondary N) is 1. The molecule has 0 atom stereocenters. The number of hydrogen-bond acceptors (Lipinski definition) is 7. The molecule has 0 saturated carbocycles. The predicted molar refractivity (Wildman–Crippen MR) is 125 cm³/mol. The fourth-order valence-electron chi connectivity index (χ4n) is 2.94. The van der Waals surface area contributed by atoms with Crippen LogP contribution < -0.4 is 14.8 Å². The number of amides is 1. The summed E-state index contributed by atoms with van der Waals surface area (Å²) >= 11 is 0. The lowest BCUT2D eigenvalue weighted by Gasteiger charge is -2.13. The Morgan fingerprint density at radius 3 is 2.41 bits per heavy atom. The first-order chi connectivity index (χ1) is 16.4. The molecular weight excluding hydrogens is 438 g/mol. The van der Waals surface area contributed by atoms with Crippen molar-refractivity contribution in [3.8, 4) is 23.3 Å². The highest BCUT2D eigenvalue weighted by molar-refractivity contribution is 6.09. The Bertz CT molecular complexity index is 1250. The van der Waals surface area contributed by atoms with Crippen LogP contribution in [-0.4, -0.2) is 22.5 Å². The number of nitro groups is 1. The number of carbonyl (C=O) groups excluding carboxylic acids is 1. The van der Waals surface area contributed by atoms with Gasteiger partial charge in [0.1, 0.15) is 24.0 Å². The largest absolute Gasteiger partial charge is 0.508 e. The summed E-state index contributed by atoms with van der Waals surface area (Å²) in [7, 11) is 0. The fraction of sp³-hybridized carbons (Fsp3) is 0.120. The molecule has 3 aromatic rings. The number of phenolic OH excluding ortho intramolecular Hbond substituents is 1. The number of carbonyl (C=O) groups is 1. The zero-order chi connectivity index (χ0) is 24.5. The molecule has 0 bridgehead atoms. The van der Waals surface area contributed by atoms with Crippen LogP contribution in [0.1, 0.15) is 18.1 Å². The maximum Gasteiger partial charge on any atom is 0.269 e. The van der Waals surface area contributed by atoms with Gasteiger partial charge < -0.3 is 19.9 Å². The van der Waals surface area contributed by atoms with E-state index in [1.807, 2.05) is 13.0 Å². The van der Waals surface area contributed by atoms with Crippen LogP contribution in [0.2, 0.25) is 0 Å². The molecule has 0 spiro atoms. The number of benzene rings is 3. The van der Waals surface area contributed by atoms with Crippen molar-refractivity contribution >= 4 is 23.4 Å². The molecule has 0 unspecified atom stereocenters. The molecule has 3 rings (SSSR count). The molecule has 0 fully saturated rings. The lowest BCUT2D eigenvalue weighted by molar-refractivity contribution is -0.384. The normalized spacial score (nSPS) is 10.8. The van der Waals surface area contributed by atoms with E-state index >= 15 is 0 Å². The molecule has 3 aromatic carbocycles. The molecule has 9 heteroatoms. The van der Waals surface area contributed by atoms with Gasteiger partial charge in [-0.05, 0) is 72.7 Å². The van der Waals surface area contributed by atoms with E-state index in [4.69, 9.17) is 9.47 Å². The first-order valence-electron chi connectivity index (χ1n) is 10.2. The molecule has 1 amide bonds. The maximum atomic E-state index is 12.5.